The van der Waals surface area contributed by atoms with Gasteiger partial charge in [0.05, 0.1) is 6.07 Å². The summed E-state index contributed by atoms with van der Waals surface area (Å²) in [7, 11) is 1.80. The zero-order valence-corrected chi connectivity index (χ0v) is 13.3. The minimum absolute atomic E-state index is 0.0427. The van der Waals surface area contributed by atoms with E-state index in [1.165, 1.54) is 5.56 Å². The lowest BCUT2D eigenvalue weighted by Gasteiger charge is -2.30. The molecule has 0 saturated heterocycles. The summed E-state index contributed by atoms with van der Waals surface area (Å²) in [5.74, 6) is -0.0427. The normalized spacial score (nSPS) is 17.6. The van der Waals surface area contributed by atoms with Crippen molar-refractivity contribution in [2.45, 2.75) is 52.4 Å². The summed E-state index contributed by atoms with van der Waals surface area (Å²) in [5.41, 5.74) is 2.33. The van der Waals surface area contributed by atoms with Crippen LogP contribution in [0.25, 0.3) is 0 Å². The van der Waals surface area contributed by atoms with Crippen molar-refractivity contribution in [2.24, 2.45) is 5.41 Å². The van der Waals surface area contributed by atoms with Gasteiger partial charge in [-0.1, -0.05) is 43.4 Å². The molecule has 0 heterocycles. The largest absolute Gasteiger partial charge is 0.314 e. The molecule has 0 aliphatic heterocycles. The number of rotatable bonds is 2. The maximum atomic E-state index is 12.9. The average Bonchev–Trinajstić information content (AvgIpc) is 2.72. The number of hydrogen-bond acceptors (Lipinski definition) is 2. The zero-order chi connectivity index (χ0) is 15.5. The number of amides is 1. The smallest absolute Gasteiger partial charge is 0.247 e. The van der Waals surface area contributed by atoms with Crippen LogP contribution in [-0.4, -0.2) is 13.0 Å². The molecule has 1 aromatic rings. The number of carbonyl (C=O) groups is 1. The molecule has 0 atom stereocenters. The summed E-state index contributed by atoms with van der Waals surface area (Å²) < 4.78 is 0. The number of aryl methyl sites for hydroxylation is 2. The van der Waals surface area contributed by atoms with Crippen molar-refractivity contribution >= 4 is 11.6 Å². The Morgan fingerprint density at radius 1 is 1.19 bits per heavy atom. The lowest BCUT2D eigenvalue weighted by atomic mass is 9.80. The molecule has 1 aromatic carbocycles. The lowest BCUT2D eigenvalue weighted by Crippen LogP contribution is -2.41. The van der Waals surface area contributed by atoms with Gasteiger partial charge in [0.15, 0.2) is 0 Å². The molecule has 0 aromatic heterocycles. The molecule has 112 valence electrons. The molecule has 0 unspecified atom stereocenters. The predicted molar refractivity (Wildman–Crippen MR) is 85.1 cm³/mol. The van der Waals surface area contributed by atoms with Crippen molar-refractivity contribution in [3.63, 3.8) is 0 Å². The van der Waals surface area contributed by atoms with Crippen LogP contribution in [0.2, 0.25) is 0 Å². The van der Waals surface area contributed by atoms with Gasteiger partial charge in [0.25, 0.3) is 0 Å². The van der Waals surface area contributed by atoms with Crippen LogP contribution in [-0.2, 0) is 4.79 Å². The molecule has 2 rings (SSSR count). The molecule has 0 bridgehead atoms. The average molecular weight is 284 g/mol. The van der Waals surface area contributed by atoms with E-state index in [0.29, 0.717) is 12.8 Å². The Morgan fingerprint density at radius 3 is 2.33 bits per heavy atom. The first-order chi connectivity index (χ1) is 10.00. The standard InChI is InChI=1S/C18H24N2O/c1-14-8-9-16(15(2)12-14)20(3)17(21)18(13-19)10-6-4-5-7-11-18/h8-9,12H,4-7,10-11H2,1-3H3. The van der Waals surface area contributed by atoms with Gasteiger partial charge < -0.3 is 4.90 Å². The van der Waals surface area contributed by atoms with Crippen LogP contribution in [0.5, 0.6) is 0 Å². The van der Waals surface area contributed by atoms with Crippen molar-refractivity contribution in [1.29, 1.82) is 5.26 Å². The van der Waals surface area contributed by atoms with Crippen molar-refractivity contribution in [3.05, 3.63) is 29.3 Å². The van der Waals surface area contributed by atoms with E-state index in [0.717, 1.165) is 36.9 Å². The highest BCUT2D eigenvalue weighted by molar-refractivity contribution is 5.99. The van der Waals surface area contributed by atoms with Gasteiger partial charge in [-0.2, -0.15) is 5.26 Å². The molecule has 21 heavy (non-hydrogen) atoms. The summed E-state index contributed by atoms with van der Waals surface area (Å²) >= 11 is 0. The van der Waals surface area contributed by atoms with Crippen molar-refractivity contribution < 1.29 is 4.79 Å². The van der Waals surface area contributed by atoms with Gasteiger partial charge in [-0.3, -0.25) is 4.79 Å². The Morgan fingerprint density at radius 2 is 1.81 bits per heavy atom. The van der Waals surface area contributed by atoms with Crippen LogP contribution < -0.4 is 4.90 Å². The van der Waals surface area contributed by atoms with Crippen LogP contribution in [0.15, 0.2) is 18.2 Å². The minimum atomic E-state index is -0.831. The monoisotopic (exact) mass is 284 g/mol. The number of hydrogen-bond donors (Lipinski definition) is 0. The molecule has 1 fully saturated rings. The van der Waals surface area contributed by atoms with Gasteiger partial charge in [-0.25, -0.2) is 0 Å². The molecule has 1 amide bonds. The third-order valence-electron chi connectivity index (χ3n) is 4.60. The van der Waals surface area contributed by atoms with Gasteiger partial charge in [0, 0.05) is 12.7 Å². The SMILES string of the molecule is Cc1ccc(N(C)C(=O)C2(C#N)CCCCCC2)c(C)c1. The lowest BCUT2D eigenvalue weighted by molar-refractivity contribution is -0.125. The van der Waals surface area contributed by atoms with Crippen LogP contribution >= 0.6 is 0 Å². The molecular weight excluding hydrogens is 260 g/mol. The van der Waals surface area contributed by atoms with Gasteiger partial charge in [-0.15, -0.1) is 0 Å². The first-order valence-corrected chi connectivity index (χ1v) is 7.77. The van der Waals surface area contributed by atoms with E-state index < -0.39 is 5.41 Å². The van der Waals surface area contributed by atoms with Crippen LogP contribution in [0, 0.1) is 30.6 Å². The number of nitriles is 1. The van der Waals surface area contributed by atoms with Gasteiger partial charge in [-0.05, 0) is 38.3 Å². The van der Waals surface area contributed by atoms with E-state index in [9.17, 15) is 10.1 Å². The summed E-state index contributed by atoms with van der Waals surface area (Å²) in [6, 6.07) is 8.41. The first-order valence-electron chi connectivity index (χ1n) is 7.77. The summed E-state index contributed by atoms with van der Waals surface area (Å²) in [6.07, 6.45) is 5.59. The third-order valence-corrected chi connectivity index (χ3v) is 4.60. The topological polar surface area (TPSA) is 44.1 Å². The summed E-state index contributed by atoms with van der Waals surface area (Å²) in [5, 5.41) is 9.65. The summed E-state index contributed by atoms with van der Waals surface area (Å²) in [4.78, 5) is 14.6. The Hall–Kier alpha value is -1.82. The predicted octanol–water partition coefficient (Wildman–Crippen LogP) is 4.13. The second-order valence-electron chi connectivity index (χ2n) is 6.26. The van der Waals surface area contributed by atoms with E-state index in [1.807, 2.05) is 26.0 Å². The molecule has 3 heteroatoms. The fraction of sp³-hybridized carbons (Fsp3) is 0.556. The number of nitrogens with zero attached hydrogens (tertiary/aromatic N) is 2. The second-order valence-corrected chi connectivity index (χ2v) is 6.26. The van der Waals surface area contributed by atoms with Crippen LogP contribution in [0.4, 0.5) is 5.69 Å². The molecular formula is C18H24N2O. The molecule has 1 aliphatic carbocycles. The van der Waals surface area contributed by atoms with Gasteiger partial charge in [0.2, 0.25) is 5.91 Å². The van der Waals surface area contributed by atoms with Crippen LogP contribution in [0.3, 0.4) is 0 Å². The Labute approximate surface area is 127 Å². The third kappa shape index (κ3) is 3.10. The molecule has 3 nitrogen and oxygen atoms in total. The molecule has 0 N–H and O–H groups in total. The first kappa shape index (κ1) is 15.6. The van der Waals surface area contributed by atoms with E-state index in [4.69, 9.17) is 0 Å². The fourth-order valence-corrected chi connectivity index (χ4v) is 3.32. The highest BCUT2D eigenvalue weighted by Gasteiger charge is 2.41. The van der Waals surface area contributed by atoms with Gasteiger partial charge in [0.1, 0.15) is 5.41 Å². The maximum absolute atomic E-state index is 12.9. The van der Waals surface area contributed by atoms with E-state index in [1.54, 1.807) is 11.9 Å². The Bertz CT molecular complexity index is 563. The quantitative estimate of drug-likeness (QED) is 0.766. The highest BCUT2D eigenvalue weighted by atomic mass is 16.2. The fourth-order valence-electron chi connectivity index (χ4n) is 3.32. The molecule has 0 spiro atoms. The number of anilines is 1. The van der Waals surface area contributed by atoms with Crippen LogP contribution in [0.1, 0.15) is 49.7 Å². The Kier molecular flexibility index (Phi) is 4.67. The molecule has 0 radical (unpaired) electrons. The number of benzene rings is 1. The van der Waals surface area contributed by atoms with Crippen molar-refractivity contribution in [2.75, 3.05) is 11.9 Å². The van der Waals surface area contributed by atoms with Crippen molar-refractivity contribution in [1.82, 2.24) is 0 Å². The second kappa shape index (κ2) is 6.30. The Balaban J connectivity index is 2.30. The zero-order valence-electron chi connectivity index (χ0n) is 13.3. The number of carbonyl (C=O) groups excluding carboxylic acids is 1. The summed E-state index contributed by atoms with van der Waals surface area (Å²) in [6.45, 7) is 4.05. The van der Waals surface area contributed by atoms with E-state index in [2.05, 4.69) is 12.1 Å². The minimum Gasteiger partial charge on any atom is -0.314 e. The maximum Gasteiger partial charge on any atom is 0.247 e. The van der Waals surface area contributed by atoms with E-state index >= 15 is 0 Å². The highest BCUT2D eigenvalue weighted by Crippen LogP contribution is 2.37. The van der Waals surface area contributed by atoms with E-state index in [-0.39, 0.29) is 5.91 Å². The van der Waals surface area contributed by atoms with Crippen molar-refractivity contribution in [3.8, 4) is 6.07 Å². The molecule has 1 aliphatic rings. The van der Waals surface area contributed by atoms with Gasteiger partial charge >= 0.3 is 0 Å². The molecule has 1 saturated carbocycles.